The van der Waals surface area contributed by atoms with Crippen molar-refractivity contribution in [1.29, 1.82) is 0 Å². The first-order chi connectivity index (χ1) is 42.0. The van der Waals surface area contributed by atoms with Crippen LogP contribution in [0.4, 0.5) is 0 Å². The smallest absolute Gasteiger partial charge is 0.462 e. The molecule has 0 aliphatic rings. The molecule has 0 radical (unpaired) electrons. The second-order valence-electron chi connectivity index (χ2n) is 28.1. The summed E-state index contributed by atoms with van der Waals surface area (Å²) in [7, 11) is 1.51. The van der Waals surface area contributed by atoms with E-state index in [0.717, 1.165) is 38.5 Å². The molecule has 10 heteroatoms. The number of carbonyl (C=O) groups excluding carboxylic acids is 2. The maximum Gasteiger partial charge on any atom is 0.472 e. The SMILES string of the molecule is CCCCCCCCCCCCCCCCCCCCCCCCCCCCCCCCCCCCCCCCCCC(=O)OC(COC(=O)CCCCCCCCCCCCCCCCCCCCCCCC)COP(=O)(O)OCC[N+](C)(C)C. The maximum atomic E-state index is 12.9. The van der Waals surface area contributed by atoms with E-state index in [9.17, 15) is 19.0 Å². The van der Waals surface area contributed by atoms with Crippen molar-refractivity contribution in [3.8, 4) is 0 Å². The van der Waals surface area contributed by atoms with Crippen molar-refractivity contribution in [1.82, 2.24) is 0 Å². The molecule has 1 N–H and O–H groups in total. The van der Waals surface area contributed by atoms with Crippen molar-refractivity contribution in [3.63, 3.8) is 0 Å². The average molecular weight is 1240 g/mol. The number of phosphoric acid groups is 1. The number of esters is 2. The predicted octanol–water partition coefficient (Wildman–Crippen LogP) is 25.3. The molecule has 0 aromatic heterocycles. The number of quaternary nitrogens is 1. The molecular weight excluding hydrogens is 1090 g/mol. The van der Waals surface area contributed by atoms with Gasteiger partial charge >= 0.3 is 19.8 Å². The number of phosphoric ester groups is 1. The van der Waals surface area contributed by atoms with E-state index in [2.05, 4.69) is 13.8 Å². The van der Waals surface area contributed by atoms with Gasteiger partial charge in [0.2, 0.25) is 0 Å². The van der Waals surface area contributed by atoms with Gasteiger partial charge in [0.05, 0.1) is 27.7 Å². The highest BCUT2D eigenvalue weighted by atomic mass is 31.2. The molecule has 514 valence electrons. The molecule has 0 rings (SSSR count). The van der Waals surface area contributed by atoms with Gasteiger partial charge in [-0.25, -0.2) is 4.57 Å². The zero-order valence-corrected chi connectivity index (χ0v) is 59.8. The van der Waals surface area contributed by atoms with E-state index < -0.39 is 26.5 Å². The van der Waals surface area contributed by atoms with Gasteiger partial charge in [-0.05, 0) is 12.8 Å². The highest BCUT2D eigenvalue weighted by molar-refractivity contribution is 7.47. The Morgan fingerprint density at radius 2 is 0.523 bits per heavy atom. The summed E-state index contributed by atoms with van der Waals surface area (Å²) in [6, 6.07) is 0. The number of carbonyl (C=O) groups is 2. The molecule has 0 fully saturated rings. The van der Waals surface area contributed by atoms with Crippen LogP contribution in [0.2, 0.25) is 0 Å². The predicted molar refractivity (Wildman–Crippen MR) is 372 cm³/mol. The van der Waals surface area contributed by atoms with E-state index in [1.807, 2.05) is 21.1 Å². The van der Waals surface area contributed by atoms with Crippen LogP contribution in [-0.2, 0) is 32.7 Å². The normalized spacial score (nSPS) is 13.0. The van der Waals surface area contributed by atoms with E-state index in [4.69, 9.17) is 18.5 Å². The third kappa shape index (κ3) is 72.1. The maximum absolute atomic E-state index is 12.9. The van der Waals surface area contributed by atoms with E-state index in [-0.39, 0.29) is 25.6 Å². The number of ether oxygens (including phenoxy) is 2. The van der Waals surface area contributed by atoms with E-state index >= 15 is 0 Å². The summed E-state index contributed by atoms with van der Waals surface area (Å²) in [6.07, 6.45) is 84.0. The number of nitrogens with zero attached hydrogens (tertiary/aromatic N) is 1. The van der Waals surface area contributed by atoms with Gasteiger partial charge in [-0.15, -0.1) is 0 Å². The van der Waals surface area contributed by atoms with Crippen LogP contribution in [0.5, 0.6) is 0 Å². The summed E-state index contributed by atoms with van der Waals surface area (Å²) in [6.45, 7) is 4.54. The molecule has 0 aliphatic heterocycles. The van der Waals surface area contributed by atoms with Gasteiger partial charge in [-0.3, -0.25) is 18.6 Å². The van der Waals surface area contributed by atoms with Gasteiger partial charge in [0.15, 0.2) is 6.10 Å². The van der Waals surface area contributed by atoms with E-state index in [1.54, 1.807) is 0 Å². The minimum Gasteiger partial charge on any atom is -0.462 e. The van der Waals surface area contributed by atoms with Crippen molar-refractivity contribution < 1.29 is 42.1 Å². The summed E-state index contributed by atoms with van der Waals surface area (Å²) in [4.78, 5) is 35.9. The first-order valence-corrected chi connectivity index (χ1v) is 40.3. The van der Waals surface area contributed by atoms with Crippen LogP contribution in [-0.4, -0.2) is 74.9 Å². The Morgan fingerprint density at radius 1 is 0.314 bits per heavy atom. The third-order valence-corrected chi connectivity index (χ3v) is 19.1. The van der Waals surface area contributed by atoms with Crippen LogP contribution in [0, 0.1) is 0 Å². The number of unbranched alkanes of at least 4 members (excludes halogenated alkanes) is 60. The molecule has 0 saturated carbocycles. The second-order valence-corrected chi connectivity index (χ2v) is 29.6. The molecular formula is C76H153NO8P+. The van der Waals surface area contributed by atoms with E-state index in [1.165, 1.54) is 360 Å². The summed E-state index contributed by atoms with van der Waals surface area (Å²) in [5.74, 6) is -0.766. The Labute approximate surface area is 537 Å². The molecule has 0 aromatic carbocycles. The minimum atomic E-state index is -4.39. The van der Waals surface area contributed by atoms with Gasteiger partial charge in [0, 0.05) is 12.8 Å². The Hall–Kier alpha value is -0.990. The lowest BCUT2D eigenvalue weighted by atomic mass is 10.0. The van der Waals surface area contributed by atoms with Gasteiger partial charge in [-0.1, -0.05) is 399 Å². The second kappa shape index (κ2) is 68.4. The monoisotopic (exact) mass is 1240 g/mol. The topological polar surface area (TPSA) is 108 Å². The molecule has 0 heterocycles. The highest BCUT2D eigenvalue weighted by Crippen LogP contribution is 2.43. The van der Waals surface area contributed by atoms with E-state index in [0.29, 0.717) is 17.4 Å². The van der Waals surface area contributed by atoms with Crippen LogP contribution in [0.3, 0.4) is 0 Å². The summed E-state index contributed by atoms with van der Waals surface area (Å²) in [5.41, 5.74) is 0. The quantitative estimate of drug-likeness (QED) is 0.0278. The molecule has 0 amide bonds. The van der Waals surface area contributed by atoms with Crippen molar-refractivity contribution >= 4 is 19.8 Å². The number of hydrogen-bond donors (Lipinski definition) is 1. The number of likely N-dealkylation sites (N-methyl/N-ethyl adjacent to an activating group) is 1. The van der Waals surface area contributed by atoms with Crippen LogP contribution >= 0.6 is 7.82 Å². The molecule has 0 aliphatic carbocycles. The molecule has 86 heavy (non-hydrogen) atoms. The van der Waals surface area contributed by atoms with Gasteiger partial charge in [0.25, 0.3) is 0 Å². The lowest BCUT2D eigenvalue weighted by Gasteiger charge is -2.24. The van der Waals surface area contributed by atoms with Crippen LogP contribution < -0.4 is 0 Å². The van der Waals surface area contributed by atoms with Gasteiger partial charge < -0.3 is 18.9 Å². The zero-order chi connectivity index (χ0) is 62.6. The fourth-order valence-corrected chi connectivity index (χ4v) is 12.9. The minimum absolute atomic E-state index is 0.0378. The molecule has 0 bridgehead atoms. The van der Waals surface area contributed by atoms with Crippen molar-refractivity contribution in [2.45, 2.75) is 431 Å². The molecule has 2 atom stereocenters. The molecule has 2 unspecified atom stereocenters. The first-order valence-electron chi connectivity index (χ1n) is 38.8. The molecule has 0 spiro atoms. The van der Waals surface area contributed by atoms with Crippen LogP contribution in [0.15, 0.2) is 0 Å². The fraction of sp³-hybridized carbons (Fsp3) is 0.974. The largest absolute Gasteiger partial charge is 0.472 e. The van der Waals surface area contributed by atoms with Gasteiger partial charge in [-0.2, -0.15) is 0 Å². The Balaban J connectivity index is 3.84. The molecule has 9 nitrogen and oxygen atoms in total. The Morgan fingerprint density at radius 3 is 0.744 bits per heavy atom. The average Bonchev–Trinajstić information content (AvgIpc) is 3.70. The standard InChI is InChI=1S/C76H152NO8P/c1-6-8-10-12-14-16-18-20-22-24-26-28-30-31-32-33-34-35-36-37-38-39-40-41-42-43-44-45-46-47-49-51-53-55-57-59-61-63-65-67-69-76(79)85-74(73-84-86(80,81)83-71-70-77(3,4)5)72-82-75(78)68-66-64-62-60-58-56-54-52-50-48-29-27-25-23-21-19-17-15-13-11-9-7-2/h74H,6-73H2,1-5H3/p+1. The van der Waals surface area contributed by atoms with Crippen molar-refractivity contribution in [3.05, 3.63) is 0 Å². The van der Waals surface area contributed by atoms with Crippen molar-refractivity contribution in [2.24, 2.45) is 0 Å². The van der Waals surface area contributed by atoms with Gasteiger partial charge in [0.1, 0.15) is 19.8 Å². The first kappa shape index (κ1) is 85.0. The highest BCUT2D eigenvalue weighted by Gasteiger charge is 2.27. The summed E-state index contributed by atoms with van der Waals surface area (Å²) in [5, 5.41) is 0. The van der Waals surface area contributed by atoms with Crippen LogP contribution in [0.1, 0.15) is 425 Å². The molecule has 0 saturated heterocycles. The zero-order valence-electron chi connectivity index (χ0n) is 58.9. The lowest BCUT2D eigenvalue weighted by Crippen LogP contribution is -2.37. The summed E-state index contributed by atoms with van der Waals surface area (Å²) < 4.78 is 34.8. The molecule has 0 aromatic rings. The number of rotatable bonds is 74. The number of hydrogen-bond acceptors (Lipinski definition) is 7. The van der Waals surface area contributed by atoms with Crippen molar-refractivity contribution in [2.75, 3.05) is 47.5 Å². The Bertz CT molecular complexity index is 1410. The third-order valence-electron chi connectivity index (χ3n) is 18.1. The summed E-state index contributed by atoms with van der Waals surface area (Å²) >= 11 is 0. The fourth-order valence-electron chi connectivity index (χ4n) is 12.2. The Kier molecular flexibility index (Phi) is 67.6. The lowest BCUT2D eigenvalue weighted by molar-refractivity contribution is -0.870. The van der Waals surface area contributed by atoms with Crippen LogP contribution in [0.25, 0.3) is 0 Å².